The third kappa shape index (κ3) is 3.11. The lowest BCUT2D eigenvalue weighted by atomic mass is 10.1. The van der Waals surface area contributed by atoms with E-state index in [-0.39, 0.29) is 5.91 Å². The number of amides is 1. The molecule has 0 unspecified atom stereocenters. The Balaban J connectivity index is 1.56. The van der Waals surface area contributed by atoms with Crippen molar-refractivity contribution in [1.82, 2.24) is 10.3 Å². The predicted molar refractivity (Wildman–Crippen MR) is 87.3 cm³/mol. The summed E-state index contributed by atoms with van der Waals surface area (Å²) >= 11 is 0. The molecule has 4 nitrogen and oxygen atoms in total. The first-order chi connectivity index (χ1) is 10.8. The zero-order chi connectivity index (χ0) is 15.4. The fourth-order valence-electron chi connectivity index (χ4n) is 2.42. The summed E-state index contributed by atoms with van der Waals surface area (Å²) in [6, 6.07) is 15.4. The summed E-state index contributed by atoms with van der Waals surface area (Å²) in [6.07, 6.45) is 2.74. The van der Waals surface area contributed by atoms with Crippen LogP contribution in [0.2, 0.25) is 0 Å². The van der Waals surface area contributed by atoms with Crippen molar-refractivity contribution in [2.75, 3.05) is 13.7 Å². The summed E-state index contributed by atoms with van der Waals surface area (Å²) in [4.78, 5) is 15.2. The van der Waals surface area contributed by atoms with Gasteiger partial charge in [0.15, 0.2) is 0 Å². The van der Waals surface area contributed by atoms with Gasteiger partial charge >= 0.3 is 0 Å². The monoisotopic (exact) mass is 294 g/mol. The summed E-state index contributed by atoms with van der Waals surface area (Å²) in [5.41, 5.74) is 2.98. The van der Waals surface area contributed by atoms with Gasteiger partial charge in [0.2, 0.25) is 0 Å². The smallest absolute Gasteiger partial charge is 0.251 e. The second-order valence-electron chi connectivity index (χ2n) is 5.13. The highest BCUT2D eigenvalue weighted by atomic mass is 16.5. The van der Waals surface area contributed by atoms with Crippen LogP contribution in [-0.2, 0) is 6.42 Å². The number of hydrogen-bond acceptors (Lipinski definition) is 2. The predicted octanol–water partition coefficient (Wildman–Crippen LogP) is 3.15. The molecule has 112 valence electrons. The molecule has 0 saturated carbocycles. The molecule has 0 saturated heterocycles. The molecule has 0 bridgehead atoms. The van der Waals surface area contributed by atoms with Gasteiger partial charge in [-0.1, -0.05) is 6.07 Å². The standard InChI is InChI=1S/C18H18N2O2/c1-22-16-5-3-14(4-6-16)18(21)20-10-8-13-2-7-17-15(12-13)9-11-19-17/h2-7,9,11-12,19H,8,10H2,1H3,(H,20,21). The van der Waals surface area contributed by atoms with Crippen molar-refractivity contribution in [3.8, 4) is 5.75 Å². The van der Waals surface area contributed by atoms with Crippen LogP contribution >= 0.6 is 0 Å². The Morgan fingerprint density at radius 3 is 2.73 bits per heavy atom. The summed E-state index contributed by atoms with van der Waals surface area (Å²) in [6.45, 7) is 0.612. The van der Waals surface area contributed by atoms with E-state index in [1.54, 1.807) is 31.4 Å². The number of aromatic amines is 1. The van der Waals surface area contributed by atoms with Crippen LogP contribution in [0.1, 0.15) is 15.9 Å². The first-order valence-corrected chi connectivity index (χ1v) is 7.24. The number of hydrogen-bond donors (Lipinski definition) is 2. The van der Waals surface area contributed by atoms with Gasteiger partial charge in [-0.05, 0) is 59.8 Å². The van der Waals surface area contributed by atoms with E-state index in [4.69, 9.17) is 4.74 Å². The first kappa shape index (κ1) is 14.2. The Hall–Kier alpha value is -2.75. The number of H-pyrrole nitrogens is 1. The lowest BCUT2D eigenvalue weighted by Gasteiger charge is -2.06. The lowest BCUT2D eigenvalue weighted by Crippen LogP contribution is -2.25. The number of carbonyl (C=O) groups excluding carboxylic acids is 1. The number of rotatable bonds is 5. The van der Waals surface area contributed by atoms with Crippen LogP contribution in [0.5, 0.6) is 5.75 Å². The van der Waals surface area contributed by atoms with Gasteiger partial charge in [-0.3, -0.25) is 4.79 Å². The average Bonchev–Trinajstić information content (AvgIpc) is 3.02. The minimum Gasteiger partial charge on any atom is -0.497 e. The van der Waals surface area contributed by atoms with Gasteiger partial charge in [-0.25, -0.2) is 0 Å². The van der Waals surface area contributed by atoms with E-state index in [2.05, 4.69) is 34.6 Å². The molecule has 0 aliphatic rings. The Kier molecular flexibility index (Phi) is 4.10. The summed E-state index contributed by atoms with van der Waals surface area (Å²) in [5.74, 6) is 0.682. The van der Waals surface area contributed by atoms with Crippen LogP contribution in [0.25, 0.3) is 10.9 Å². The fraction of sp³-hybridized carbons (Fsp3) is 0.167. The molecule has 1 amide bonds. The molecule has 3 rings (SSSR count). The molecule has 1 heterocycles. The molecule has 3 aromatic rings. The SMILES string of the molecule is COc1ccc(C(=O)NCCc2ccc3[nH]ccc3c2)cc1. The highest BCUT2D eigenvalue weighted by Crippen LogP contribution is 2.14. The molecule has 0 fully saturated rings. The van der Waals surface area contributed by atoms with Crippen molar-refractivity contribution in [3.05, 3.63) is 65.9 Å². The van der Waals surface area contributed by atoms with E-state index in [0.29, 0.717) is 12.1 Å². The largest absolute Gasteiger partial charge is 0.497 e. The summed E-state index contributed by atoms with van der Waals surface area (Å²) in [7, 11) is 1.61. The van der Waals surface area contributed by atoms with E-state index >= 15 is 0 Å². The second-order valence-corrected chi connectivity index (χ2v) is 5.13. The molecule has 1 aromatic heterocycles. The molecule has 0 radical (unpaired) electrons. The zero-order valence-electron chi connectivity index (χ0n) is 12.4. The second kappa shape index (κ2) is 6.35. The van der Waals surface area contributed by atoms with Gasteiger partial charge in [0.05, 0.1) is 7.11 Å². The topological polar surface area (TPSA) is 54.1 Å². The Labute approximate surface area is 129 Å². The van der Waals surface area contributed by atoms with Crippen LogP contribution < -0.4 is 10.1 Å². The van der Waals surface area contributed by atoms with Crippen molar-refractivity contribution in [3.63, 3.8) is 0 Å². The van der Waals surface area contributed by atoms with Crippen molar-refractivity contribution < 1.29 is 9.53 Å². The highest BCUT2D eigenvalue weighted by Gasteiger charge is 2.05. The fourth-order valence-corrected chi connectivity index (χ4v) is 2.42. The Morgan fingerprint density at radius 2 is 1.95 bits per heavy atom. The minimum atomic E-state index is -0.0645. The molecule has 0 aliphatic carbocycles. The van der Waals surface area contributed by atoms with E-state index in [1.165, 1.54) is 10.9 Å². The van der Waals surface area contributed by atoms with Crippen LogP contribution in [0, 0.1) is 0 Å². The maximum absolute atomic E-state index is 12.0. The van der Waals surface area contributed by atoms with E-state index in [9.17, 15) is 4.79 Å². The average molecular weight is 294 g/mol. The Bertz CT molecular complexity index is 775. The molecule has 0 atom stereocenters. The van der Waals surface area contributed by atoms with E-state index in [0.717, 1.165) is 17.7 Å². The summed E-state index contributed by atoms with van der Waals surface area (Å²) in [5, 5.41) is 4.13. The molecular weight excluding hydrogens is 276 g/mol. The van der Waals surface area contributed by atoms with Crippen LogP contribution in [0.4, 0.5) is 0 Å². The third-order valence-corrected chi connectivity index (χ3v) is 3.67. The van der Waals surface area contributed by atoms with Crippen molar-refractivity contribution in [2.24, 2.45) is 0 Å². The number of aromatic nitrogens is 1. The maximum atomic E-state index is 12.0. The number of fused-ring (bicyclic) bond motifs is 1. The van der Waals surface area contributed by atoms with Crippen molar-refractivity contribution in [1.29, 1.82) is 0 Å². The number of nitrogens with one attached hydrogen (secondary N) is 2. The number of carbonyl (C=O) groups is 1. The van der Waals surface area contributed by atoms with Crippen LogP contribution in [0.15, 0.2) is 54.7 Å². The Morgan fingerprint density at radius 1 is 1.14 bits per heavy atom. The van der Waals surface area contributed by atoms with Crippen LogP contribution in [-0.4, -0.2) is 24.5 Å². The quantitative estimate of drug-likeness (QED) is 0.759. The number of methoxy groups -OCH3 is 1. The highest BCUT2D eigenvalue weighted by molar-refractivity contribution is 5.94. The molecular formula is C18H18N2O2. The van der Waals surface area contributed by atoms with Gasteiger partial charge in [0, 0.05) is 23.8 Å². The van der Waals surface area contributed by atoms with Crippen molar-refractivity contribution in [2.45, 2.75) is 6.42 Å². The lowest BCUT2D eigenvalue weighted by molar-refractivity contribution is 0.0954. The van der Waals surface area contributed by atoms with Crippen molar-refractivity contribution >= 4 is 16.8 Å². The molecule has 4 heteroatoms. The third-order valence-electron chi connectivity index (χ3n) is 3.67. The minimum absolute atomic E-state index is 0.0645. The molecule has 2 aromatic carbocycles. The van der Waals surface area contributed by atoms with Gasteiger partial charge in [0.1, 0.15) is 5.75 Å². The maximum Gasteiger partial charge on any atom is 0.251 e. The first-order valence-electron chi connectivity index (χ1n) is 7.24. The normalized spacial score (nSPS) is 10.6. The van der Waals surface area contributed by atoms with Gasteiger partial charge in [-0.15, -0.1) is 0 Å². The molecule has 0 spiro atoms. The van der Waals surface area contributed by atoms with Gasteiger partial charge in [0.25, 0.3) is 5.91 Å². The zero-order valence-corrected chi connectivity index (χ0v) is 12.4. The van der Waals surface area contributed by atoms with Gasteiger partial charge in [-0.2, -0.15) is 0 Å². The number of benzene rings is 2. The van der Waals surface area contributed by atoms with Crippen LogP contribution in [0.3, 0.4) is 0 Å². The number of ether oxygens (including phenoxy) is 1. The summed E-state index contributed by atoms with van der Waals surface area (Å²) < 4.78 is 5.08. The molecule has 0 aliphatic heterocycles. The van der Waals surface area contributed by atoms with Gasteiger partial charge < -0.3 is 15.0 Å². The van der Waals surface area contributed by atoms with E-state index in [1.807, 2.05) is 6.20 Å². The molecule has 2 N–H and O–H groups in total. The molecule has 22 heavy (non-hydrogen) atoms. The van der Waals surface area contributed by atoms with E-state index < -0.39 is 0 Å².